The first-order valence-corrected chi connectivity index (χ1v) is 9.58. The number of hydrogen-bond acceptors (Lipinski definition) is 5. The van der Waals surface area contributed by atoms with Gasteiger partial charge in [0.2, 0.25) is 5.91 Å². The number of ether oxygens (including phenoxy) is 1. The van der Waals surface area contributed by atoms with E-state index < -0.39 is 12.1 Å². The highest BCUT2D eigenvalue weighted by Gasteiger charge is 2.20. The van der Waals surface area contributed by atoms with Crippen LogP contribution in [0.5, 0.6) is 0 Å². The second kappa shape index (κ2) is 7.87. The lowest BCUT2D eigenvalue weighted by atomic mass is 10.1. The van der Waals surface area contributed by atoms with Crippen LogP contribution in [0.25, 0.3) is 10.9 Å². The van der Waals surface area contributed by atoms with Crippen molar-refractivity contribution in [3.8, 4) is 0 Å². The number of nitrogens with zero attached hydrogens (tertiary/aromatic N) is 2. The second-order valence-corrected chi connectivity index (χ2v) is 7.13. The standard InChI is InChI=1S/C22H21N3O4/c1-14(20-23-18-6-3-2-5-17(18)21(27)24-20)29-22(28)16-10-8-15(9-11-16)13-25-12-4-7-19(25)26/h2-3,5-6,8-11,14H,4,7,12-13H2,1H3,(H,23,24,27)/t14-/m1/s1. The molecule has 0 saturated carbocycles. The summed E-state index contributed by atoms with van der Waals surface area (Å²) in [5.74, 6) is -0.0393. The molecule has 1 saturated heterocycles. The maximum atomic E-state index is 12.5. The van der Waals surface area contributed by atoms with E-state index in [1.54, 1.807) is 43.3 Å². The van der Waals surface area contributed by atoms with E-state index in [0.29, 0.717) is 35.3 Å². The van der Waals surface area contributed by atoms with Gasteiger partial charge in [0, 0.05) is 19.5 Å². The van der Waals surface area contributed by atoms with E-state index in [0.717, 1.165) is 18.5 Å². The van der Waals surface area contributed by atoms with E-state index in [-0.39, 0.29) is 11.5 Å². The zero-order valence-electron chi connectivity index (χ0n) is 16.1. The maximum Gasteiger partial charge on any atom is 0.338 e. The molecule has 1 aliphatic heterocycles. The van der Waals surface area contributed by atoms with E-state index >= 15 is 0 Å². The van der Waals surface area contributed by atoms with Crippen LogP contribution in [0.1, 0.15) is 47.6 Å². The van der Waals surface area contributed by atoms with Gasteiger partial charge in [0.05, 0.1) is 16.5 Å². The van der Waals surface area contributed by atoms with Gasteiger partial charge in [0.25, 0.3) is 5.56 Å². The summed E-state index contributed by atoms with van der Waals surface area (Å²) < 4.78 is 5.48. The molecule has 0 radical (unpaired) electrons. The first-order valence-electron chi connectivity index (χ1n) is 9.58. The van der Waals surface area contributed by atoms with Crippen LogP contribution in [0.3, 0.4) is 0 Å². The van der Waals surface area contributed by atoms with Crippen molar-refractivity contribution in [2.45, 2.75) is 32.4 Å². The van der Waals surface area contributed by atoms with Crippen LogP contribution < -0.4 is 5.56 Å². The van der Waals surface area contributed by atoms with Crippen molar-refractivity contribution >= 4 is 22.8 Å². The molecule has 1 N–H and O–H groups in total. The Kier molecular flexibility index (Phi) is 5.12. The Balaban J connectivity index is 1.44. The summed E-state index contributed by atoms with van der Waals surface area (Å²) in [4.78, 5) is 45.3. The number of nitrogens with one attached hydrogen (secondary N) is 1. The number of fused-ring (bicyclic) bond motifs is 1. The van der Waals surface area contributed by atoms with Gasteiger partial charge in [-0.2, -0.15) is 0 Å². The summed E-state index contributed by atoms with van der Waals surface area (Å²) in [6.45, 7) is 2.99. The van der Waals surface area contributed by atoms with Gasteiger partial charge in [-0.3, -0.25) is 9.59 Å². The molecule has 7 heteroatoms. The summed E-state index contributed by atoms with van der Waals surface area (Å²) in [7, 11) is 0. The van der Waals surface area contributed by atoms with E-state index in [2.05, 4.69) is 9.97 Å². The third-order valence-electron chi connectivity index (χ3n) is 5.03. The molecule has 2 aromatic carbocycles. The highest BCUT2D eigenvalue weighted by Crippen LogP contribution is 2.18. The molecule has 1 fully saturated rings. The molecule has 2 heterocycles. The SMILES string of the molecule is C[C@@H](OC(=O)c1ccc(CN2CCCC2=O)cc1)c1nc2ccccc2c(=O)[nH]1. The lowest BCUT2D eigenvalue weighted by Crippen LogP contribution is -2.23. The molecule has 1 aliphatic rings. The van der Waals surface area contributed by atoms with Gasteiger partial charge in [-0.05, 0) is 43.2 Å². The van der Waals surface area contributed by atoms with Crippen molar-refractivity contribution < 1.29 is 14.3 Å². The van der Waals surface area contributed by atoms with Crippen LogP contribution in [0.2, 0.25) is 0 Å². The molecule has 0 unspecified atom stereocenters. The minimum Gasteiger partial charge on any atom is -0.451 e. The van der Waals surface area contributed by atoms with Crippen LogP contribution in [0.15, 0.2) is 53.3 Å². The van der Waals surface area contributed by atoms with Crippen molar-refractivity contribution in [1.29, 1.82) is 0 Å². The zero-order chi connectivity index (χ0) is 20.4. The molecule has 1 aromatic heterocycles. The van der Waals surface area contributed by atoms with Crippen molar-refractivity contribution in [2.24, 2.45) is 0 Å². The smallest absolute Gasteiger partial charge is 0.338 e. The van der Waals surface area contributed by atoms with Gasteiger partial charge in [-0.1, -0.05) is 24.3 Å². The van der Waals surface area contributed by atoms with E-state index in [1.807, 2.05) is 17.0 Å². The number of esters is 1. The highest BCUT2D eigenvalue weighted by atomic mass is 16.5. The van der Waals surface area contributed by atoms with Crippen LogP contribution >= 0.6 is 0 Å². The number of amides is 1. The summed E-state index contributed by atoms with van der Waals surface area (Å²) in [6.07, 6.45) is 0.792. The third kappa shape index (κ3) is 4.03. The first-order chi connectivity index (χ1) is 14.0. The van der Waals surface area contributed by atoms with Gasteiger partial charge >= 0.3 is 5.97 Å². The van der Waals surface area contributed by atoms with Crippen molar-refractivity contribution in [1.82, 2.24) is 14.9 Å². The first kappa shape index (κ1) is 18.9. The molecular formula is C22H21N3O4. The maximum absolute atomic E-state index is 12.5. The summed E-state index contributed by atoms with van der Waals surface area (Å²) in [6, 6.07) is 14.0. The molecule has 148 valence electrons. The fourth-order valence-electron chi connectivity index (χ4n) is 3.42. The van der Waals surface area contributed by atoms with Gasteiger partial charge in [0.15, 0.2) is 11.9 Å². The molecule has 0 aliphatic carbocycles. The van der Waals surface area contributed by atoms with Crippen LogP contribution in [0.4, 0.5) is 0 Å². The number of benzene rings is 2. The Morgan fingerprint density at radius 1 is 1.17 bits per heavy atom. The minimum atomic E-state index is -0.707. The van der Waals surface area contributed by atoms with Gasteiger partial charge < -0.3 is 14.6 Å². The number of aromatic nitrogens is 2. The Labute approximate surface area is 167 Å². The normalized spacial score (nSPS) is 14.9. The van der Waals surface area contributed by atoms with Crippen molar-refractivity contribution in [2.75, 3.05) is 6.54 Å². The number of rotatable bonds is 5. The fraction of sp³-hybridized carbons (Fsp3) is 0.273. The van der Waals surface area contributed by atoms with E-state index in [4.69, 9.17) is 4.74 Å². The number of hydrogen-bond donors (Lipinski definition) is 1. The molecule has 7 nitrogen and oxygen atoms in total. The molecule has 1 amide bonds. The van der Waals surface area contributed by atoms with Gasteiger partial charge in [-0.15, -0.1) is 0 Å². The summed E-state index contributed by atoms with van der Waals surface area (Å²) in [5.41, 5.74) is 1.64. The molecule has 0 spiro atoms. The molecular weight excluding hydrogens is 370 g/mol. The predicted octanol–water partition coefficient (Wildman–Crippen LogP) is 2.96. The monoisotopic (exact) mass is 391 g/mol. The predicted molar refractivity (Wildman–Crippen MR) is 107 cm³/mol. The average molecular weight is 391 g/mol. The summed E-state index contributed by atoms with van der Waals surface area (Å²) >= 11 is 0. The number of aromatic amines is 1. The van der Waals surface area contributed by atoms with Crippen molar-refractivity contribution in [3.05, 3.63) is 75.8 Å². The largest absolute Gasteiger partial charge is 0.451 e. The lowest BCUT2D eigenvalue weighted by molar-refractivity contribution is -0.128. The van der Waals surface area contributed by atoms with Crippen LogP contribution in [0, 0.1) is 0 Å². The van der Waals surface area contributed by atoms with Crippen LogP contribution in [-0.4, -0.2) is 33.3 Å². The average Bonchev–Trinajstić information content (AvgIpc) is 3.13. The lowest BCUT2D eigenvalue weighted by Gasteiger charge is -2.16. The minimum absolute atomic E-state index is 0.166. The third-order valence-corrected chi connectivity index (χ3v) is 5.03. The molecule has 3 aromatic rings. The quantitative estimate of drug-likeness (QED) is 0.675. The van der Waals surface area contributed by atoms with E-state index in [9.17, 15) is 14.4 Å². The molecule has 29 heavy (non-hydrogen) atoms. The molecule has 1 atom stereocenters. The van der Waals surface area contributed by atoms with Gasteiger partial charge in [0.1, 0.15) is 0 Å². The highest BCUT2D eigenvalue weighted by molar-refractivity contribution is 5.89. The molecule has 0 bridgehead atoms. The zero-order valence-corrected chi connectivity index (χ0v) is 16.1. The Morgan fingerprint density at radius 3 is 2.66 bits per heavy atom. The van der Waals surface area contributed by atoms with Crippen molar-refractivity contribution in [3.63, 3.8) is 0 Å². The molecule has 4 rings (SSSR count). The number of carbonyl (C=O) groups is 2. The number of carbonyl (C=O) groups excluding carboxylic acids is 2. The van der Waals surface area contributed by atoms with Gasteiger partial charge in [-0.25, -0.2) is 9.78 Å². The Hall–Kier alpha value is -3.48. The number of H-pyrrole nitrogens is 1. The van der Waals surface area contributed by atoms with E-state index in [1.165, 1.54) is 0 Å². The number of likely N-dealkylation sites (tertiary alicyclic amines) is 1. The topological polar surface area (TPSA) is 92.4 Å². The Bertz CT molecular complexity index is 1120. The Morgan fingerprint density at radius 2 is 1.93 bits per heavy atom. The summed E-state index contributed by atoms with van der Waals surface area (Å²) in [5, 5.41) is 0.488. The van der Waals surface area contributed by atoms with Crippen LogP contribution in [-0.2, 0) is 16.1 Å². The second-order valence-electron chi connectivity index (χ2n) is 7.13. The fourth-order valence-corrected chi connectivity index (χ4v) is 3.42. The number of para-hydroxylation sites is 1.